The summed E-state index contributed by atoms with van der Waals surface area (Å²) in [7, 11) is 0. The van der Waals surface area contributed by atoms with E-state index in [4.69, 9.17) is 4.74 Å². The highest BCUT2D eigenvalue weighted by Gasteiger charge is 2.22. The largest absolute Gasteiger partial charge is 0.491 e. The summed E-state index contributed by atoms with van der Waals surface area (Å²) in [6.45, 7) is 12.9. The highest BCUT2D eigenvalue weighted by molar-refractivity contribution is 5.29. The average molecular weight is 293 g/mol. The molecule has 2 unspecified atom stereocenters. The summed E-state index contributed by atoms with van der Waals surface area (Å²) in [5.74, 6) is 1.39. The number of aliphatic hydroxyl groups is 1. The first kappa shape index (κ1) is 18.0. The third-order valence-electron chi connectivity index (χ3n) is 3.39. The molecule has 0 spiro atoms. The minimum Gasteiger partial charge on any atom is -0.491 e. The van der Waals surface area contributed by atoms with Crippen LogP contribution in [-0.2, 0) is 0 Å². The van der Waals surface area contributed by atoms with Crippen LogP contribution in [0.1, 0.15) is 59.6 Å². The van der Waals surface area contributed by atoms with Crippen molar-refractivity contribution in [3.8, 4) is 5.75 Å². The summed E-state index contributed by atoms with van der Waals surface area (Å²) >= 11 is 0. The maximum absolute atomic E-state index is 10.3. The Bertz CT molecular complexity index is 410. The van der Waals surface area contributed by atoms with Gasteiger partial charge in [-0.15, -0.1) is 0 Å². The van der Waals surface area contributed by atoms with E-state index in [0.29, 0.717) is 12.5 Å². The lowest BCUT2D eigenvalue weighted by Crippen LogP contribution is -2.39. The third kappa shape index (κ3) is 6.96. The predicted octanol–water partition coefficient (Wildman–Crippen LogP) is 3.92. The molecule has 0 aliphatic rings. The SMILES string of the molecule is CC(C)CC(C)(O)CNC(C)c1ccc(OC(C)C)cc1. The van der Waals surface area contributed by atoms with Crippen LogP contribution in [0, 0.1) is 5.92 Å². The highest BCUT2D eigenvalue weighted by Crippen LogP contribution is 2.20. The number of ether oxygens (including phenoxy) is 1. The van der Waals surface area contributed by atoms with Crippen molar-refractivity contribution in [2.75, 3.05) is 6.54 Å². The van der Waals surface area contributed by atoms with Crippen LogP contribution in [0.4, 0.5) is 0 Å². The van der Waals surface area contributed by atoms with Crippen LogP contribution in [0.15, 0.2) is 24.3 Å². The minimum atomic E-state index is -0.664. The lowest BCUT2D eigenvalue weighted by Gasteiger charge is -2.27. The second kappa shape index (κ2) is 7.81. The molecule has 0 bridgehead atoms. The van der Waals surface area contributed by atoms with Crippen LogP contribution in [0.5, 0.6) is 5.75 Å². The van der Waals surface area contributed by atoms with Crippen molar-refractivity contribution in [3.05, 3.63) is 29.8 Å². The number of hydrogen-bond acceptors (Lipinski definition) is 3. The third-order valence-corrected chi connectivity index (χ3v) is 3.39. The van der Waals surface area contributed by atoms with E-state index in [1.54, 1.807) is 0 Å². The summed E-state index contributed by atoms with van der Waals surface area (Å²) in [6.07, 6.45) is 0.992. The maximum Gasteiger partial charge on any atom is 0.119 e. The molecular formula is C18H31NO2. The van der Waals surface area contributed by atoms with Crippen molar-refractivity contribution < 1.29 is 9.84 Å². The zero-order valence-corrected chi connectivity index (χ0v) is 14.3. The van der Waals surface area contributed by atoms with E-state index in [-0.39, 0.29) is 12.1 Å². The Morgan fingerprint density at radius 2 is 1.67 bits per heavy atom. The van der Waals surface area contributed by atoms with Gasteiger partial charge in [0, 0.05) is 12.6 Å². The fraction of sp³-hybridized carbons (Fsp3) is 0.667. The first-order valence-corrected chi connectivity index (χ1v) is 7.92. The van der Waals surface area contributed by atoms with Crippen molar-refractivity contribution in [2.45, 2.75) is 65.7 Å². The van der Waals surface area contributed by atoms with Crippen LogP contribution in [-0.4, -0.2) is 23.4 Å². The number of hydrogen-bond donors (Lipinski definition) is 2. The van der Waals surface area contributed by atoms with Gasteiger partial charge in [0.1, 0.15) is 5.75 Å². The Hall–Kier alpha value is -1.06. The van der Waals surface area contributed by atoms with E-state index in [2.05, 4.69) is 38.2 Å². The summed E-state index contributed by atoms with van der Waals surface area (Å²) in [4.78, 5) is 0. The molecule has 21 heavy (non-hydrogen) atoms. The molecule has 0 aromatic heterocycles. The van der Waals surface area contributed by atoms with Gasteiger partial charge in [0.2, 0.25) is 0 Å². The van der Waals surface area contributed by atoms with Gasteiger partial charge in [-0.05, 0) is 57.7 Å². The topological polar surface area (TPSA) is 41.5 Å². The number of nitrogens with one attached hydrogen (secondary N) is 1. The lowest BCUT2D eigenvalue weighted by molar-refractivity contribution is 0.0363. The Morgan fingerprint density at radius 1 is 1.10 bits per heavy atom. The summed E-state index contributed by atoms with van der Waals surface area (Å²) < 4.78 is 5.65. The number of benzene rings is 1. The van der Waals surface area contributed by atoms with Gasteiger partial charge in [0.25, 0.3) is 0 Å². The lowest BCUT2D eigenvalue weighted by atomic mass is 9.94. The van der Waals surface area contributed by atoms with Crippen LogP contribution in [0.2, 0.25) is 0 Å². The van der Waals surface area contributed by atoms with Crippen LogP contribution >= 0.6 is 0 Å². The van der Waals surface area contributed by atoms with E-state index in [9.17, 15) is 5.11 Å². The van der Waals surface area contributed by atoms with Crippen molar-refractivity contribution in [2.24, 2.45) is 5.92 Å². The number of rotatable bonds is 8. The normalized spacial score (nSPS) is 16.0. The molecule has 1 rings (SSSR count). The van der Waals surface area contributed by atoms with Gasteiger partial charge in [-0.2, -0.15) is 0 Å². The van der Waals surface area contributed by atoms with Crippen molar-refractivity contribution >= 4 is 0 Å². The molecule has 3 nitrogen and oxygen atoms in total. The Kier molecular flexibility index (Phi) is 6.69. The van der Waals surface area contributed by atoms with E-state index in [1.165, 1.54) is 5.56 Å². The van der Waals surface area contributed by atoms with Gasteiger partial charge >= 0.3 is 0 Å². The van der Waals surface area contributed by atoms with Gasteiger partial charge in [0.15, 0.2) is 0 Å². The molecule has 0 amide bonds. The molecule has 120 valence electrons. The molecule has 0 heterocycles. The fourth-order valence-corrected chi connectivity index (χ4v) is 2.55. The molecular weight excluding hydrogens is 262 g/mol. The standard InChI is InChI=1S/C18H31NO2/c1-13(2)11-18(6,20)12-19-15(5)16-7-9-17(10-8-16)21-14(3)4/h7-10,13-15,19-20H,11-12H2,1-6H3. The predicted molar refractivity (Wildman–Crippen MR) is 88.7 cm³/mol. The Balaban J connectivity index is 2.53. The monoisotopic (exact) mass is 293 g/mol. The zero-order valence-electron chi connectivity index (χ0n) is 14.3. The van der Waals surface area contributed by atoms with E-state index in [0.717, 1.165) is 12.2 Å². The molecule has 0 saturated heterocycles. The van der Waals surface area contributed by atoms with E-state index >= 15 is 0 Å². The first-order chi connectivity index (χ1) is 9.69. The second-order valence-corrected chi connectivity index (χ2v) is 6.93. The molecule has 2 N–H and O–H groups in total. The van der Waals surface area contributed by atoms with Gasteiger partial charge in [-0.1, -0.05) is 26.0 Å². The fourth-order valence-electron chi connectivity index (χ4n) is 2.55. The zero-order chi connectivity index (χ0) is 16.0. The molecule has 1 aromatic carbocycles. The molecule has 1 aromatic rings. The molecule has 0 fully saturated rings. The van der Waals surface area contributed by atoms with Gasteiger partial charge in [-0.3, -0.25) is 0 Å². The highest BCUT2D eigenvalue weighted by atomic mass is 16.5. The maximum atomic E-state index is 10.3. The Morgan fingerprint density at radius 3 is 2.14 bits per heavy atom. The van der Waals surface area contributed by atoms with Crippen LogP contribution < -0.4 is 10.1 Å². The Labute approximate surface area is 129 Å². The van der Waals surface area contributed by atoms with Crippen LogP contribution in [0.3, 0.4) is 0 Å². The molecule has 0 aliphatic carbocycles. The van der Waals surface area contributed by atoms with Gasteiger partial charge in [0.05, 0.1) is 11.7 Å². The minimum absolute atomic E-state index is 0.192. The van der Waals surface area contributed by atoms with Gasteiger partial charge < -0.3 is 15.2 Å². The molecule has 2 atom stereocenters. The van der Waals surface area contributed by atoms with Crippen molar-refractivity contribution in [1.82, 2.24) is 5.32 Å². The van der Waals surface area contributed by atoms with Gasteiger partial charge in [-0.25, -0.2) is 0 Å². The first-order valence-electron chi connectivity index (χ1n) is 7.92. The second-order valence-electron chi connectivity index (χ2n) is 6.93. The molecule has 0 saturated carbocycles. The molecule has 0 aliphatic heterocycles. The average Bonchev–Trinajstić information content (AvgIpc) is 2.34. The summed E-state index contributed by atoms with van der Waals surface area (Å²) in [6, 6.07) is 8.36. The van der Waals surface area contributed by atoms with E-state index in [1.807, 2.05) is 32.9 Å². The molecule has 0 radical (unpaired) electrons. The van der Waals surface area contributed by atoms with Crippen LogP contribution in [0.25, 0.3) is 0 Å². The van der Waals surface area contributed by atoms with E-state index < -0.39 is 5.60 Å². The quantitative estimate of drug-likeness (QED) is 0.763. The van der Waals surface area contributed by atoms with Crippen molar-refractivity contribution in [3.63, 3.8) is 0 Å². The molecule has 3 heteroatoms. The van der Waals surface area contributed by atoms with Crippen molar-refractivity contribution in [1.29, 1.82) is 0 Å². The smallest absolute Gasteiger partial charge is 0.119 e. The summed E-state index contributed by atoms with van der Waals surface area (Å²) in [5, 5.41) is 13.8. The summed E-state index contributed by atoms with van der Waals surface area (Å²) in [5.41, 5.74) is 0.537.